The van der Waals surface area contributed by atoms with Gasteiger partial charge in [-0.3, -0.25) is 4.79 Å². The molecule has 0 aliphatic carbocycles. The van der Waals surface area contributed by atoms with E-state index in [0.717, 1.165) is 10.0 Å². The minimum absolute atomic E-state index is 0.0135. The summed E-state index contributed by atoms with van der Waals surface area (Å²) < 4.78 is 5.87. The molecule has 140 valence electrons. The first-order valence-electron chi connectivity index (χ1n) is 8.28. The average molecular weight is 439 g/mol. The smallest absolute Gasteiger partial charge is 0.361 e. The van der Waals surface area contributed by atoms with E-state index in [1.54, 1.807) is 12.1 Å². The minimum atomic E-state index is -0.728. The lowest BCUT2D eigenvalue weighted by molar-refractivity contribution is -0.123. The number of carbonyl (C=O) groups is 2. The standard InChI is InChI=1S/C20H15BrN4O3/c21-16-8-10-17(11-9-16)25-23-13-18(24-25)20(27)28-14-19(26)22-12-4-7-15-5-2-1-3-6-15/h1-3,5-6,8-11,13H,12,14H2,(H,22,26). The molecule has 1 N–H and O–H groups in total. The van der Waals surface area contributed by atoms with Crippen LogP contribution in [0.2, 0.25) is 0 Å². The Hall–Kier alpha value is -3.44. The summed E-state index contributed by atoms with van der Waals surface area (Å²) in [4.78, 5) is 25.1. The Balaban J connectivity index is 1.46. The molecule has 8 heteroatoms. The van der Waals surface area contributed by atoms with E-state index in [2.05, 4.69) is 43.3 Å². The molecule has 0 radical (unpaired) electrons. The molecule has 3 rings (SSSR count). The topological polar surface area (TPSA) is 86.1 Å². The molecule has 28 heavy (non-hydrogen) atoms. The summed E-state index contributed by atoms with van der Waals surface area (Å²) in [5.41, 5.74) is 1.56. The number of nitrogens with one attached hydrogen (secondary N) is 1. The van der Waals surface area contributed by atoms with Crippen LogP contribution in [0, 0.1) is 11.8 Å². The first-order valence-corrected chi connectivity index (χ1v) is 9.07. The van der Waals surface area contributed by atoms with Crippen molar-refractivity contribution in [2.24, 2.45) is 0 Å². The zero-order valence-electron chi connectivity index (χ0n) is 14.6. The number of aromatic nitrogens is 3. The number of nitrogens with zero attached hydrogens (tertiary/aromatic N) is 3. The lowest BCUT2D eigenvalue weighted by Crippen LogP contribution is -2.29. The molecule has 0 fully saturated rings. The van der Waals surface area contributed by atoms with Crippen molar-refractivity contribution >= 4 is 27.8 Å². The Morgan fingerprint density at radius 3 is 2.61 bits per heavy atom. The van der Waals surface area contributed by atoms with Crippen LogP contribution < -0.4 is 5.32 Å². The minimum Gasteiger partial charge on any atom is -0.451 e. The van der Waals surface area contributed by atoms with Gasteiger partial charge in [0.15, 0.2) is 12.3 Å². The molecule has 1 amide bonds. The molecule has 0 aliphatic rings. The van der Waals surface area contributed by atoms with Crippen LogP contribution in [0.25, 0.3) is 5.69 Å². The molecule has 0 saturated heterocycles. The second kappa shape index (κ2) is 9.48. The van der Waals surface area contributed by atoms with Gasteiger partial charge in [0.05, 0.1) is 18.4 Å². The largest absolute Gasteiger partial charge is 0.451 e. The Morgan fingerprint density at radius 1 is 1.11 bits per heavy atom. The van der Waals surface area contributed by atoms with Gasteiger partial charge in [-0.05, 0) is 36.4 Å². The number of amides is 1. The monoisotopic (exact) mass is 438 g/mol. The molecule has 3 aromatic rings. The van der Waals surface area contributed by atoms with Crippen molar-refractivity contribution in [3.8, 4) is 17.5 Å². The first kappa shape index (κ1) is 19.3. The number of carbonyl (C=O) groups excluding carboxylic acids is 2. The molecule has 7 nitrogen and oxygen atoms in total. The summed E-state index contributed by atoms with van der Waals surface area (Å²) in [7, 11) is 0. The van der Waals surface area contributed by atoms with E-state index in [1.165, 1.54) is 11.0 Å². The van der Waals surface area contributed by atoms with E-state index in [0.29, 0.717) is 5.69 Å². The Morgan fingerprint density at radius 2 is 1.86 bits per heavy atom. The zero-order chi connectivity index (χ0) is 19.8. The Labute approximate surface area is 169 Å². The van der Waals surface area contributed by atoms with E-state index in [-0.39, 0.29) is 12.2 Å². The molecule has 0 aliphatic heterocycles. The number of halogens is 1. The van der Waals surface area contributed by atoms with Crippen LogP contribution in [0.5, 0.6) is 0 Å². The predicted octanol–water partition coefficient (Wildman–Crippen LogP) is 2.35. The fourth-order valence-corrected chi connectivity index (χ4v) is 2.39. The van der Waals surface area contributed by atoms with Gasteiger partial charge in [-0.25, -0.2) is 4.79 Å². The maximum Gasteiger partial charge on any atom is 0.361 e. The van der Waals surface area contributed by atoms with Crippen LogP contribution in [0.4, 0.5) is 0 Å². The third-order valence-electron chi connectivity index (χ3n) is 3.47. The van der Waals surface area contributed by atoms with Crippen LogP contribution in [0.1, 0.15) is 16.1 Å². The van der Waals surface area contributed by atoms with Gasteiger partial charge >= 0.3 is 5.97 Å². The highest BCUT2D eigenvalue weighted by molar-refractivity contribution is 9.10. The Kier molecular flexibility index (Phi) is 6.54. The Bertz CT molecular complexity index is 1020. The van der Waals surface area contributed by atoms with Gasteiger partial charge in [0.25, 0.3) is 5.91 Å². The van der Waals surface area contributed by atoms with Gasteiger partial charge in [-0.1, -0.05) is 46.0 Å². The zero-order valence-corrected chi connectivity index (χ0v) is 16.2. The second-order valence-electron chi connectivity index (χ2n) is 5.52. The number of esters is 1. The molecule has 0 spiro atoms. The summed E-state index contributed by atoms with van der Waals surface area (Å²) in [6, 6.07) is 16.7. The number of benzene rings is 2. The number of hydrogen-bond acceptors (Lipinski definition) is 5. The summed E-state index contributed by atoms with van der Waals surface area (Å²) in [6.07, 6.45) is 1.29. The fraction of sp³-hybridized carbons (Fsp3) is 0.100. The van der Waals surface area contributed by atoms with Crippen molar-refractivity contribution in [2.45, 2.75) is 0 Å². The highest BCUT2D eigenvalue weighted by atomic mass is 79.9. The van der Waals surface area contributed by atoms with Gasteiger partial charge in [0, 0.05) is 10.0 Å². The van der Waals surface area contributed by atoms with Crippen molar-refractivity contribution in [1.82, 2.24) is 20.3 Å². The van der Waals surface area contributed by atoms with Crippen molar-refractivity contribution < 1.29 is 14.3 Å². The predicted molar refractivity (Wildman–Crippen MR) is 106 cm³/mol. The third-order valence-corrected chi connectivity index (χ3v) is 4.00. The molecule has 0 atom stereocenters. The quantitative estimate of drug-likeness (QED) is 0.488. The van der Waals surface area contributed by atoms with Gasteiger partial charge in [-0.2, -0.15) is 9.90 Å². The van der Waals surface area contributed by atoms with Crippen LogP contribution in [0.3, 0.4) is 0 Å². The molecule has 1 aromatic heterocycles. The van der Waals surface area contributed by atoms with Crippen LogP contribution in [-0.4, -0.2) is 40.0 Å². The van der Waals surface area contributed by atoms with Crippen molar-refractivity contribution in [1.29, 1.82) is 0 Å². The SMILES string of the molecule is O=C(COC(=O)c1cnn(-c2ccc(Br)cc2)n1)NCC#Cc1ccccc1. The maximum absolute atomic E-state index is 12.0. The summed E-state index contributed by atoms with van der Waals surface area (Å²) in [5, 5.41) is 10.6. The summed E-state index contributed by atoms with van der Waals surface area (Å²) in [5.74, 6) is 4.57. The molecular formula is C20H15BrN4O3. The molecule has 0 unspecified atom stereocenters. The van der Waals surface area contributed by atoms with E-state index in [4.69, 9.17) is 4.74 Å². The summed E-state index contributed by atoms with van der Waals surface area (Å²) >= 11 is 3.34. The van der Waals surface area contributed by atoms with Gasteiger partial charge in [0.2, 0.25) is 0 Å². The second-order valence-corrected chi connectivity index (χ2v) is 6.43. The van der Waals surface area contributed by atoms with Crippen molar-refractivity contribution in [3.63, 3.8) is 0 Å². The molecule has 0 saturated carbocycles. The number of rotatable bonds is 5. The van der Waals surface area contributed by atoms with Gasteiger partial charge in [-0.15, -0.1) is 5.10 Å². The van der Waals surface area contributed by atoms with Crippen molar-refractivity contribution in [2.75, 3.05) is 13.2 Å². The molecule has 2 aromatic carbocycles. The van der Waals surface area contributed by atoms with Crippen LogP contribution >= 0.6 is 15.9 Å². The average Bonchev–Trinajstić information content (AvgIpc) is 3.21. The van der Waals surface area contributed by atoms with E-state index in [9.17, 15) is 9.59 Å². The lowest BCUT2D eigenvalue weighted by atomic mass is 10.2. The van der Waals surface area contributed by atoms with E-state index in [1.807, 2.05) is 42.5 Å². The fourth-order valence-electron chi connectivity index (χ4n) is 2.12. The van der Waals surface area contributed by atoms with Crippen LogP contribution in [0.15, 0.2) is 65.3 Å². The lowest BCUT2D eigenvalue weighted by Gasteiger charge is -2.02. The third kappa shape index (κ3) is 5.53. The summed E-state index contributed by atoms with van der Waals surface area (Å²) in [6.45, 7) is -0.262. The van der Waals surface area contributed by atoms with Crippen molar-refractivity contribution in [3.05, 3.63) is 76.5 Å². The highest BCUT2D eigenvalue weighted by Crippen LogP contribution is 2.12. The van der Waals surface area contributed by atoms with Gasteiger partial charge in [0.1, 0.15) is 0 Å². The highest BCUT2D eigenvalue weighted by Gasteiger charge is 2.14. The molecular weight excluding hydrogens is 424 g/mol. The van der Waals surface area contributed by atoms with Gasteiger partial charge < -0.3 is 10.1 Å². The molecule has 1 heterocycles. The first-order chi connectivity index (χ1) is 13.6. The maximum atomic E-state index is 12.0. The van der Waals surface area contributed by atoms with E-state index >= 15 is 0 Å². The number of ether oxygens (including phenoxy) is 1. The van der Waals surface area contributed by atoms with E-state index < -0.39 is 18.5 Å². The van der Waals surface area contributed by atoms with Crippen LogP contribution in [-0.2, 0) is 9.53 Å². The number of hydrogen-bond donors (Lipinski definition) is 1. The normalized spacial score (nSPS) is 9.89. The molecule has 0 bridgehead atoms.